The SMILES string of the molecule is C[Si](C)(C)c1cccc2c1oc1c(-c3ccc(C4CCCCC4)cn3)cccc12. The molecule has 0 saturated heterocycles. The van der Waals surface area contributed by atoms with Crippen molar-refractivity contribution in [3.05, 3.63) is 60.3 Å². The molecule has 1 saturated carbocycles. The van der Waals surface area contributed by atoms with Gasteiger partial charge in [0.1, 0.15) is 11.2 Å². The highest BCUT2D eigenvalue weighted by Crippen LogP contribution is 2.36. The van der Waals surface area contributed by atoms with E-state index in [-0.39, 0.29) is 0 Å². The Morgan fingerprint density at radius 1 is 0.828 bits per heavy atom. The van der Waals surface area contributed by atoms with Crippen molar-refractivity contribution in [1.82, 2.24) is 4.98 Å². The van der Waals surface area contributed by atoms with E-state index >= 15 is 0 Å². The number of hydrogen-bond acceptors (Lipinski definition) is 2. The van der Waals surface area contributed by atoms with E-state index in [1.54, 1.807) is 0 Å². The van der Waals surface area contributed by atoms with Crippen molar-refractivity contribution >= 4 is 35.2 Å². The summed E-state index contributed by atoms with van der Waals surface area (Å²) in [4.78, 5) is 4.86. The Morgan fingerprint density at radius 3 is 2.24 bits per heavy atom. The van der Waals surface area contributed by atoms with Crippen LogP contribution in [-0.2, 0) is 0 Å². The van der Waals surface area contributed by atoms with Crippen molar-refractivity contribution < 1.29 is 4.42 Å². The summed E-state index contributed by atoms with van der Waals surface area (Å²) in [5.74, 6) is 0.687. The minimum absolute atomic E-state index is 0.687. The molecular weight excluding hydrogens is 370 g/mol. The molecule has 2 aromatic heterocycles. The number of aromatic nitrogens is 1. The lowest BCUT2D eigenvalue weighted by molar-refractivity contribution is 0.443. The van der Waals surface area contributed by atoms with Crippen LogP contribution in [0.15, 0.2) is 59.1 Å². The van der Waals surface area contributed by atoms with E-state index in [1.165, 1.54) is 53.6 Å². The van der Waals surface area contributed by atoms with Crippen LogP contribution < -0.4 is 5.19 Å². The van der Waals surface area contributed by atoms with Crippen molar-refractivity contribution in [3.8, 4) is 11.3 Å². The summed E-state index contributed by atoms with van der Waals surface area (Å²) in [7, 11) is -1.49. The zero-order valence-corrected chi connectivity index (χ0v) is 18.7. The lowest BCUT2D eigenvalue weighted by Crippen LogP contribution is -2.37. The van der Waals surface area contributed by atoms with Gasteiger partial charge in [0.15, 0.2) is 0 Å². The van der Waals surface area contributed by atoms with E-state index in [0.717, 1.165) is 22.4 Å². The summed E-state index contributed by atoms with van der Waals surface area (Å²) >= 11 is 0. The number of pyridine rings is 1. The van der Waals surface area contributed by atoms with Crippen molar-refractivity contribution in [1.29, 1.82) is 0 Å². The van der Waals surface area contributed by atoms with E-state index in [9.17, 15) is 0 Å². The lowest BCUT2D eigenvalue weighted by Gasteiger charge is -2.21. The summed E-state index contributed by atoms with van der Waals surface area (Å²) in [5.41, 5.74) is 5.52. The molecule has 0 amide bonds. The fraction of sp³-hybridized carbons (Fsp3) is 0.346. The van der Waals surface area contributed by atoms with Gasteiger partial charge in [-0.05, 0) is 41.6 Å². The molecule has 2 nitrogen and oxygen atoms in total. The fourth-order valence-corrected chi connectivity index (χ4v) is 6.32. The average Bonchev–Trinajstić information content (AvgIpc) is 3.12. The minimum atomic E-state index is -1.49. The second-order valence-electron chi connectivity index (χ2n) is 9.53. The summed E-state index contributed by atoms with van der Waals surface area (Å²) in [6.45, 7) is 7.13. The van der Waals surface area contributed by atoms with Gasteiger partial charge < -0.3 is 4.42 Å². The molecule has 2 heterocycles. The van der Waals surface area contributed by atoms with E-state index < -0.39 is 8.07 Å². The number of para-hydroxylation sites is 2. The average molecular weight is 400 g/mol. The van der Waals surface area contributed by atoms with Gasteiger partial charge >= 0.3 is 0 Å². The molecule has 4 aromatic rings. The Kier molecular flexibility index (Phi) is 4.58. The first kappa shape index (κ1) is 18.6. The first-order valence-electron chi connectivity index (χ1n) is 10.9. The summed E-state index contributed by atoms with van der Waals surface area (Å²) in [6, 6.07) is 17.5. The van der Waals surface area contributed by atoms with E-state index in [4.69, 9.17) is 9.40 Å². The largest absolute Gasteiger partial charge is 0.455 e. The van der Waals surface area contributed by atoms with Gasteiger partial charge in [-0.25, -0.2) is 0 Å². The molecule has 0 aliphatic heterocycles. The fourth-order valence-electron chi connectivity index (χ4n) is 4.85. The Bertz CT molecular complexity index is 1160. The molecule has 3 heteroatoms. The first-order chi connectivity index (χ1) is 14.0. The molecule has 0 N–H and O–H groups in total. The zero-order chi connectivity index (χ0) is 20.0. The highest BCUT2D eigenvalue weighted by molar-refractivity contribution is 6.90. The maximum atomic E-state index is 6.54. The Hall–Kier alpha value is -2.39. The molecule has 2 aromatic carbocycles. The second kappa shape index (κ2) is 7.14. The molecule has 0 atom stereocenters. The van der Waals surface area contributed by atoms with Crippen LogP contribution in [0.1, 0.15) is 43.6 Å². The first-order valence-corrected chi connectivity index (χ1v) is 14.4. The molecule has 1 aliphatic carbocycles. The highest BCUT2D eigenvalue weighted by atomic mass is 28.3. The van der Waals surface area contributed by atoms with Crippen LogP contribution in [-0.4, -0.2) is 13.1 Å². The van der Waals surface area contributed by atoms with Gasteiger partial charge in [-0.2, -0.15) is 0 Å². The van der Waals surface area contributed by atoms with Gasteiger partial charge in [0.2, 0.25) is 0 Å². The Labute approximate surface area is 174 Å². The third-order valence-electron chi connectivity index (χ3n) is 6.47. The second-order valence-corrected chi connectivity index (χ2v) is 14.6. The lowest BCUT2D eigenvalue weighted by atomic mass is 9.85. The van der Waals surface area contributed by atoms with E-state index in [1.807, 2.05) is 0 Å². The van der Waals surface area contributed by atoms with Crippen LogP contribution in [0, 0.1) is 0 Å². The summed E-state index contributed by atoms with van der Waals surface area (Å²) in [6.07, 6.45) is 8.79. The van der Waals surface area contributed by atoms with Crippen LogP contribution in [0.5, 0.6) is 0 Å². The molecule has 0 bridgehead atoms. The number of nitrogens with zero attached hydrogens (tertiary/aromatic N) is 1. The summed E-state index contributed by atoms with van der Waals surface area (Å²) in [5, 5.41) is 3.80. The topological polar surface area (TPSA) is 26.0 Å². The third-order valence-corrected chi connectivity index (χ3v) is 8.48. The molecule has 1 aliphatic rings. The van der Waals surface area contributed by atoms with Crippen molar-refractivity contribution in [2.75, 3.05) is 0 Å². The Morgan fingerprint density at radius 2 is 1.55 bits per heavy atom. The van der Waals surface area contributed by atoms with Crippen LogP contribution >= 0.6 is 0 Å². The molecule has 5 rings (SSSR count). The molecule has 1 fully saturated rings. The number of benzene rings is 2. The molecule has 0 unspecified atom stereocenters. The van der Waals surface area contributed by atoms with Gasteiger partial charge in [0.25, 0.3) is 0 Å². The van der Waals surface area contributed by atoms with Crippen LogP contribution in [0.2, 0.25) is 19.6 Å². The highest BCUT2D eigenvalue weighted by Gasteiger charge is 2.23. The number of fused-ring (bicyclic) bond motifs is 3. The van der Waals surface area contributed by atoms with Gasteiger partial charge in [0.05, 0.1) is 13.8 Å². The van der Waals surface area contributed by atoms with Crippen LogP contribution in [0.25, 0.3) is 33.2 Å². The minimum Gasteiger partial charge on any atom is -0.455 e. The van der Waals surface area contributed by atoms with Gasteiger partial charge in [-0.15, -0.1) is 0 Å². The molecular formula is C26H29NOSi. The smallest absolute Gasteiger partial charge is 0.144 e. The standard InChI is InChI=1S/C26H29NOSi/c1-29(2,3)24-14-8-12-21-20-11-7-13-22(25(20)28-26(21)24)23-16-15-19(17-27-23)18-9-5-4-6-10-18/h7-8,11-18H,4-6,9-10H2,1-3H3. The van der Waals surface area contributed by atoms with Gasteiger partial charge in [-0.3, -0.25) is 4.98 Å². The maximum absolute atomic E-state index is 6.54. The third kappa shape index (κ3) is 3.32. The van der Waals surface area contributed by atoms with Crippen molar-refractivity contribution in [2.45, 2.75) is 57.7 Å². The number of rotatable bonds is 3. The molecule has 0 spiro atoms. The normalized spacial score (nSPS) is 16.0. The molecule has 29 heavy (non-hydrogen) atoms. The van der Waals surface area contributed by atoms with Gasteiger partial charge in [-0.1, -0.05) is 75.3 Å². The Balaban J connectivity index is 1.62. The predicted octanol–water partition coefficient (Wildman–Crippen LogP) is 7.24. The van der Waals surface area contributed by atoms with Gasteiger partial charge in [0, 0.05) is 22.5 Å². The number of furan rings is 1. The maximum Gasteiger partial charge on any atom is 0.144 e. The van der Waals surface area contributed by atoms with E-state index in [0.29, 0.717) is 5.92 Å². The molecule has 0 radical (unpaired) electrons. The van der Waals surface area contributed by atoms with Crippen molar-refractivity contribution in [2.24, 2.45) is 0 Å². The number of hydrogen-bond donors (Lipinski definition) is 0. The quantitative estimate of drug-likeness (QED) is 0.339. The summed E-state index contributed by atoms with van der Waals surface area (Å²) < 4.78 is 6.54. The monoisotopic (exact) mass is 399 g/mol. The van der Waals surface area contributed by atoms with Crippen molar-refractivity contribution in [3.63, 3.8) is 0 Å². The molecule has 148 valence electrons. The predicted molar refractivity (Wildman–Crippen MR) is 126 cm³/mol. The zero-order valence-electron chi connectivity index (χ0n) is 17.7. The van der Waals surface area contributed by atoms with Crippen LogP contribution in [0.4, 0.5) is 0 Å². The van der Waals surface area contributed by atoms with Crippen LogP contribution in [0.3, 0.4) is 0 Å². The van der Waals surface area contributed by atoms with E-state index in [2.05, 4.69) is 74.4 Å².